The minimum Gasteiger partial charge on any atom is -0.480 e. The quantitative estimate of drug-likeness (QED) is 0.185. The van der Waals surface area contributed by atoms with E-state index < -0.39 is 10.3 Å². The molecule has 2 nitrogen and oxygen atoms in total. The first-order valence-corrected chi connectivity index (χ1v) is 26.8. The zero-order chi connectivity index (χ0) is 26.1. The third-order valence-electron chi connectivity index (χ3n) is 3.38. The first-order chi connectivity index (χ1) is 12.9. The highest BCUT2D eigenvalue weighted by molar-refractivity contribution is 14.3. The summed E-state index contributed by atoms with van der Waals surface area (Å²) in [6.07, 6.45) is 0. The number of rotatable bonds is 9. The minimum absolute atomic E-state index is 0.0150. The van der Waals surface area contributed by atoms with E-state index in [1.807, 2.05) is 0 Å². The smallest absolute Gasteiger partial charge is 0.332 e. The number of alkyl halides is 19. The van der Waals surface area contributed by atoms with Crippen molar-refractivity contribution in [2.45, 2.75) is 10.9 Å². The van der Waals surface area contributed by atoms with Crippen LogP contribution in [0.15, 0.2) is 0 Å². The molecular weight excluding hydrogens is 2560 g/mol. The predicted octanol–water partition coefficient (Wildman–Crippen LogP) is 14.6. The minimum atomic E-state index is -0.986. The van der Waals surface area contributed by atoms with Gasteiger partial charge in [0.2, 0.25) is 0 Å². The lowest BCUT2D eigenvalue weighted by atomic mass is 10.1. The second kappa shape index (κ2) is 15.7. The fourth-order valence-electron chi connectivity index (χ4n) is 1.50. The van der Waals surface area contributed by atoms with E-state index in [1.165, 1.54) is 0 Å². The molecular formula is C10HI19O2. The molecule has 0 amide bonds. The fourth-order valence-corrected chi connectivity index (χ4v) is 29.2. The van der Waals surface area contributed by atoms with Gasteiger partial charge in [-0.05, 0) is 0 Å². The number of carboxylic acids is 1. The molecule has 0 spiro atoms. The van der Waals surface area contributed by atoms with Gasteiger partial charge >= 0.3 is 5.97 Å². The normalized spacial score (nSPS) is 16.5. The molecule has 0 aliphatic rings. The zero-order valence-electron chi connectivity index (χ0n) is 13.0. The van der Waals surface area contributed by atoms with Crippen LogP contribution in [-0.4, -0.2) is 21.9 Å². The summed E-state index contributed by atoms with van der Waals surface area (Å²) in [6, 6.07) is 0. The molecule has 21 heteroatoms. The highest BCUT2D eigenvalue weighted by atomic mass is 127. The molecule has 0 bridgehead atoms. The van der Waals surface area contributed by atoms with Crippen molar-refractivity contribution in [1.29, 1.82) is 0 Å². The fraction of sp³-hybridized carbons (Fsp3) is 0.900. The average molecular weight is 2560 g/mol. The van der Waals surface area contributed by atoms with E-state index in [0.29, 0.717) is 0 Å². The van der Waals surface area contributed by atoms with E-state index >= 15 is 0 Å². The van der Waals surface area contributed by atoms with E-state index in [2.05, 4.69) is 429 Å². The van der Waals surface area contributed by atoms with Crippen LogP contribution in [0.5, 0.6) is 0 Å². The topological polar surface area (TPSA) is 37.3 Å². The Balaban J connectivity index is 6.95. The number of hydrogen-bond donors (Lipinski definition) is 1. The maximum Gasteiger partial charge on any atom is 0.332 e. The molecule has 0 saturated heterocycles. The Morgan fingerprint density at radius 2 is 0.581 bits per heavy atom. The first kappa shape index (κ1) is 44.3. The second-order valence-electron chi connectivity index (χ2n) is 5.40. The summed E-state index contributed by atoms with van der Waals surface area (Å²) in [4.78, 5) is 12.2. The molecule has 0 aliphatic heterocycles. The van der Waals surface area contributed by atoms with Crippen molar-refractivity contribution in [2.24, 2.45) is 0 Å². The van der Waals surface area contributed by atoms with Gasteiger partial charge in [0, 0.05) is 0 Å². The van der Waals surface area contributed by atoms with Gasteiger partial charge in [-0.1, -0.05) is 429 Å². The third kappa shape index (κ3) is 8.88. The van der Waals surface area contributed by atoms with Crippen LogP contribution in [0, 0.1) is 0 Å². The third-order valence-corrected chi connectivity index (χ3v) is 66.1. The summed E-state index contributed by atoms with van der Waals surface area (Å²) in [7, 11) is 0. The largest absolute Gasteiger partial charge is 0.480 e. The molecule has 0 fully saturated rings. The molecule has 186 valence electrons. The van der Waals surface area contributed by atoms with Crippen molar-refractivity contribution in [3.05, 3.63) is 0 Å². The molecule has 1 N–H and O–H groups in total. The van der Waals surface area contributed by atoms with Crippen LogP contribution in [0.3, 0.4) is 0 Å². The van der Waals surface area contributed by atoms with E-state index in [0.717, 1.165) is 0 Å². The highest BCUT2D eigenvalue weighted by Gasteiger charge is 2.78. The highest BCUT2D eigenvalue weighted by Crippen LogP contribution is 2.80. The van der Waals surface area contributed by atoms with Gasteiger partial charge in [0.15, 0.2) is 1.43 Å². The van der Waals surface area contributed by atoms with E-state index in [4.69, 9.17) is 0 Å². The average Bonchev–Trinajstić information content (AvgIpc) is 2.52. The lowest BCUT2D eigenvalue weighted by Gasteiger charge is -2.59. The summed E-state index contributed by atoms with van der Waals surface area (Å²) in [5.74, 6) is -0.804. The summed E-state index contributed by atoms with van der Waals surface area (Å²) in [6.45, 7) is 0. The number of hydrogen-bond acceptors (Lipinski definition) is 1. The van der Waals surface area contributed by atoms with Crippen molar-refractivity contribution < 1.29 is 9.90 Å². The molecule has 31 heavy (non-hydrogen) atoms. The Labute approximate surface area is 441 Å². The summed E-state index contributed by atoms with van der Waals surface area (Å²) in [5, 5.41) is 10.0. The predicted molar refractivity (Wildman–Crippen MR) is 299 cm³/mol. The molecule has 0 aromatic rings. The Bertz CT molecular complexity index is 701. The van der Waals surface area contributed by atoms with Gasteiger partial charge in [-0.25, -0.2) is 4.79 Å². The molecule has 0 aromatic heterocycles. The monoisotopic (exact) mass is 2560 g/mol. The van der Waals surface area contributed by atoms with Gasteiger partial charge in [-0.2, -0.15) is 0 Å². The molecule has 0 aliphatic carbocycles. The Kier molecular flexibility index (Phi) is 22.5. The van der Waals surface area contributed by atoms with Crippen LogP contribution in [0.4, 0.5) is 0 Å². The summed E-state index contributed by atoms with van der Waals surface area (Å²) < 4.78 is -3.11. The molecule has 0 radical (unpaired) electrons. The van der Waals surface area contributed by atoms with Crippen molar-refractivity contribution in [3.8, 4) is 0 Å². The molecule has 0 unspecified atom stereocenters. The lowest BCUT2D eigenvalue weighted by Crippen LogP contribution is -2.69. The van der Waals surface area contributed by atoms with Gasteiger partial charge in [0.25, 0.3) is 0 Å². The van der Waals surface area contributed by atoms with Gasteiger partial charge < -0.3 is 5.11 Å². The van der Waals surface area contributed by atoms with E-state index in [-0.39, 0.29) is 6.58 Å². The standard InChI is InChI=1S/C10HI19O2/c11-2(12,1(30)31)3(13,14)4(15,16)5(17,18)6(19,20)7(21,22)8(23,24)9(25,26)10(27,28)29/h(H,30,31). The Morgan fingerprint density at radius 3 is 0.774 bits per heavy atom. The van der Waals surface area contributed by atoms with Crippen LogP contribution in [0.2, 0.25) is 0 Å². The first-order valence-electron chi connectivity index (χ1n) is 6.27. The zero-order valence-corrected chi connectivity index (χ0v) is 54.0. The number of carboxylic acid groups (broad SMARTS) is 1. The number of halogens is 19. The van der Waals surface area contributed by atoms with E-state index in [9.17, 15) is 9.90 Å². The van der Waals surface area contributed by atoms with Gasteiger partial charge in [-0.15, -0.1) is 0 Å². The Hall–Kier alpha value is 13.3. The van der Waals surface area contributed by atoms with Crippen LogP contribution in [0.25, 0.3) is 0 Å². The van der Waals surface area contributed by atoms with Crippen LogP contribution >= 0.6 is 429 Å². The molecule has 0 heterocycles. The molecule has 0 saturated carbocycles. The molecule has 0 aromatic carbocycles. The number of aliphatic carboxylic acids is 1. The van der Waals surface area contributed by atoms with Crippen LogP contribution in [0.1, 0.15) is 0 Å². The summed E-state index contributed by atoms with van der Waals surface area (Å²) >= 11 is 47.8. The van der Waals surface area contributed by atoms with Crippen molar-refractivity contribution >= 4 is 435 Å². The van der Waals surface area contributed by atoms with Crippen molar-refractivity contribution in [1.82, 2.24) is 0 Å². The second-order valence-corrected chi connectivity index (χ2v) is 58.8. The van der Waals surface area contributed by atoms with Crippen LogP contribution < -0.4 is 0 Å². The van der Waals surface area contributed by atoms with E-state index in [1.54, 1.807) is 0 Å². The maximum atomic E-state index is 12.2. The lowest BCUT2D eigenvalue weighted by molar-refractivity contribution is -0.136. The van der Waals surface area contributed by atoms with Crippen molar-refractivity contribution in [2.75, 3.05) is 0 Å². The Morgan fingerprint density at radius 1 is 0.387 bits per heavy atom. The van der Waals surface area contributed by atoms with Gasteiger partial charge in [0.05, 0.1) is 0 Å². The number of carbonyl (C=O) groups is 1. The maximum absolute atomic E-state index is 12.2. The van der Waals surface area contributed by atoms with Gasteiger partial charge in [0.1, 0.15) is 9.43 Å². The molecule has 0 atom stereocenters. The van der Waals surface area contributed by atoms with Crippen LogP contribution in [-0.2, 0) is 4.79 Å². The van der Waals surface area contributed by atoms with Gasteiger partial charge in [-0.3, -0.25) is 0 Å². The molecule has 0 rings (SSSR count). The SMILES string of the molecule is O=C(O)C(I)(I)C(I)(I)C(I)(I)C(I)(I)C(I)(I)C(I)(I)C(I)(I)C(I)(I)C(I)(I)I. The summed E-state index contributed by atoms with van der Waals surface area (Å²) in [5.41, 5.74) is 0. The van der Waals surface area contributed by atoms with Crippen molar-refractivity contribution in [3.63, 3.8) is 0 Å².